The van der Waals surface area contributed by atoms with Crippen LogP contribution in [0, 0.1) is 0 Å². The maximum Gasteiger partial charge on any atom is 0.209 e. The van der Waals surface area contributed by atoms with E-state index in [1.165, 1.54) is 0 Å². The molecule has 2 rings (SSSR count). The molecule has 0 fully saturated rings. The molecule has 0 saturated carbocycles. The van der Waals surface area contributed by atoms with Crippen LogP contribution in [0.4, 0.5) is 0 Å². The van der Waals surface area contributed by atoms with Crippen molar-refractivity contribution in [2.45, 2.75) is 25.0 Å². The monoisotopic (exact) mass is 371 g/mol. The Bertz CT molecular complexity index is 653. The number of hydrogen-bond acceptors (Lipinski definition) is 7. The van der Waals surface area contributed by atoms with Crippen molar-refractivity contribution < 1.29 is 9.47 Å². The van der Waals surface area contributed by atoms with Gasteiger partial charge in [-0.3, -0.25) is 0 Å². The molecule has 1 heterocycles. The Hall–Kier alpha value is -1.51. The van der Waals surface area contributed by atoms with Crippen molar-refractivity contribution in [2.75, 3.05) is 26.0 Å². The Kier molecular flexibility index (Phi) is 7.61. The van der Waals surface area contributed by atoms with Crippen LogP contribution in [0.1, 0.15) is 18.9 Å². The van der Waals surface area contributed by atoms with Crippen LogP contribution in [0.3, 0.4) is 0 Å². The Morgan fingerprint density at radius 3 is 2.83 bits per heavy atom. The quantitative estimate of drug-likeness (QED) is 0.508. The number of benzene rings is 1. The topological polar surface area (TPSA) is 74.1 Å². The summed E-state index contributed by atoms with van der Waals surface area (Å²) in [7, 11) is 3.44. The highest BCUT2D eigenvalue weighted by Crippen LogP contribution is 2.33. The van der Waals surface area contributed by atoms with Gasteiger partial charge in [-0.05, 0) is 41.9 Å². The number of nitrogens with zero attached hydrogens (tertiary/aromatic N) is 4. The Labute approximate surface area is 151 Å². The third kappa shape index (κ3) is 5.25. The first kappa shape index (κ1) is 18.8. The van der Waals surface area contributed by atoms with Crippen LogP contribution in [0.5, 0.6) is 11.5 Å². The van der Waals surface area contributed by atoms with E-state index >= 15 is 0 Å². The summed E-state index contributed by atoms with van der Waals surface area (Å²) in [5.41, 5.74) is 0.992. The Morgan fingerprint density at radius 2 is 2.17 bits per heavy atom. The number of nitrogens with one attached hydrogen (secondary N) is 1. The summed E-state index contributed by atoms with van der Waals surface area (Å²) in [6.07, 6.45) is 1.00. The van der Waals surface area contributed by atoms with Crippen molar-refractivity contribution in [3.05, 3.63) is 22.7 Å². The van der Waals surface area contributed by atoms with E-state index in [0.717, 1.165) is 29.4 Å². The average Bonchev–Trinajstić information content (AvgIpc) is 2.98. The third-order valence-corrected chi connectivity index (χ3v) is 4.71. The maximum absolute atomic E-state index is 6.30. The van der Waals surface area contributed by atoms with Gasteiger partial charge in [-0.1, -0.05) is 23.4 Å². The van der Waals surface area contributed by atoms with E-state index in [1.54, 1.807) is 29.6 Å². The van der Waals surface area contributed by atoms with Gasteiger partial charge in [-0.15, -0.1) is 5.10 Å². The van der Waals surface area contributed by atoms with Crippen molar-refractivity contribution >= 4 is 23.4 Å². The molecular formula is C15H22ClN5O2S. The van der Waals surface area contributed by atoms with E-state index in [1.807, 2.05) is 20.0 Å². The first-order valence-electron chi connectivity index (χ1n) is 7.70. The van der Waals surface area contributed by atoms with Gasteiger partial charge in [0.2, 0.25) is 5.16 Å². The van der Waals surface area contributed by atoms with Crippen molar-refractivity contribution in [1.29, 1.82) is 0 Å². The lowest BCUT2D eigenvalue weighted by Gasteiger charge is -2.13. The number of ether oxygens (including phenoxy) is 2. The molecule has 24 heavy (non-hydrogen) atoms. The van der Waals surface area contributed by atoms with Crippen LogP contribution in [0.15, 0.2) is 17.3 Å². The van der Waals surface area contributed by atoms with Crippen LogP contribution in [0.2, 0.25) is 5.02 Å². The standard InChI is InChI=1S/C15H22ClN5O2S/c1-4-23-14-8-11(12(16)9-13(14)22-3)10-17-6-5-7-24-15-18-19-20-21(15)2/h8-9,17H,4-7,10H2,1-3H3. The van der Waals surface area contributed by atoms with Gasteiger partial charge < -0.3 is 14.8 Å². The average molecular weight is 372 g/mol. The molecular weight excluding hydrogens is 350 g/mol. The van der Waals surface area contributed by atoms with Gasteiger partial charge in [0.1, 0.15) is 0 Å². The minimum atomic E-state index is 0.582. The number of aromatic nitrogens is 4. The number of methoxy groups -OCH3 is 1. The summed E-state index contributed by atoms with van der Waals surface area (Å²) >= 11 is 7.94. The fraction of sp³-hybridized carbons (Fsp3) is 0.533. The molecule has 0 aliphatic heterocycles. The van der Waals surface area contributed by atoms with E-state index in [-0.39, 0.29) is 0 Å². The third-order valence-electron chi connectivity index (χ3n) is 3.26. The summed E-state index contributed by atoms with van der Waals surface area (Å²) in [5.74, 6) is 2.31. The van der Waals surface area contributed by atoms with Crippen LogP contribution in [-0.2, 0) is 13.6 Å². The second kappa shape index (κ2) is 9.71. The highest BCUT2D eigenvalue weighted by molar-refractivity contribution is 7.99. The van der Waals surface area contributed by atoms with Gasteiger partial charge >= 0.3 is 0 Å². The predicted molar refractivity (Wildman–Crippen MR) is 95.0 cm³/mol. The van der Waals surface area contributed by atoms with Crippen molar-refractivity contribution in [1.82, 2.24) is 25.5 Å². The van der Waals surface area contributed by atoms with Gasteiger partial charge in [-0.2, -0.15) is 0 Å². The van der Waals surface area contributed by atoms with Crippen LogP contribution < -0.4 is 14.8 Å². The largest absolute Gasteiger partial charge is 0.493 e. The van der Waals surface area contributed by atoms with Gasteiger partial charge in [0.05, 0.1) is 13.7 Å². The Balaban J connectivity index is 1.77. The van der Waals surface area contributed by atoms with E-state index in [4.69, 9.17) is 21.1 Å². The SMILES string of the molecule is CCOc1cc(CNCCCSc2nnnn2C)c(Cl)cc1OC. The molecule has 7 nitrogen and oxygen atoms in total. The molecule has 1 aromatic heterocycles. The fourth-order valence-electron chi connectivity index (χ4n) is 2.07. The number of rotatable bonds is 10. The number of tetrazole rings is 1. The molecule has 9 heteroatoms. The van der Waals surface area contributed by atoms with Crippen LogP contribution >= 0.6 is 23.4 Å². The Morgan fingerprint density at radius 1 is 1.33 bits per heavy atom. The lowest BCUT2D eigenvalue weighted by molar-refractivity contribution is 0.310. The van der Waals surface area contributed by atoms with E-state index < -0.39 is 0 Å². The van der Waals surface area contributed by atoms with Gasteiger partial charge in [0, 0.05) is 30.4 Å². The fourth-order valence-corrected chi connectivity index (χ4v) is 3.08. The van der Waals surface area contributed by atoms with Gasteiger partial charge in [0.15, 0.2) is 11.5 Å². The molecule has 0 saturated heterocycles. The molecule has 0 unspecified atom stereocenters. The minimum Gasteiger partial charge on any atom is -0.493 e. The summed E-state index contributed by atoms with van der Waals surface area (Å²) in [5, 5.41) is 16.2. The van der Waals surface area contributed by atoms with Crippen molar-refractivity contribution in [2.24, 2.45) is 7.05 Å². The molecule has 1 aromatic carbocycles. The molecule has 0 atom stereocenters. The first-order chi connectivity index (χ1) is 11.7. The lowest BCUT2D eigenvalue weighted by Crippen LogP contribution is -2.16. The zero-order valence-electron chi connectivity index (χ0n) is 14.1. The molecule has 0 amide bonds. The van der Waals surface area contributed by atoms with E-state index in [9.17, 15) is 0 Å². The second-order valence-corrected chi connectivity index (χ2v) is 6.46. The summed E-state index contributed by atoms with van der Waals surface area (Å²) in [6, 6.07) is 3.72. The molecule has 132 valence electrons. The molecule has 0 aliphatic carbocycles. The van der Waals surface area contributed by atoms with Gasteiger partial charge in [-0.25, -0.2) is 4.68 Å². The lowest BCUT2D eigenvalue weighted by atomic mass is 10.2. The van der Waals surface area contributed by atoms with Crippen LogP contribution in [-0.4, -0.2) is 46.2 Å². The van der Waals surface area contributed by atoms with Gasteiger partial charge in [0.25, 0.3) is 0 Å². The molecule has 0 spiro atoms. The molecule has 1 N–H and O–H groups in total. The smallest absolute Gasteiger partial charge is 0.209 e. The number of hydrogen-bond donors (Lipinski definition) is 1. The van der Waals surface area contributed by atoms with Crippen molar-refractivity contribution in [3.8, 4) is 11.5 Å². The van der Waals surface area contributed by atoms with E-state index in [2.05, 4.69) is 20.8 Å². The summed E-state index contributed by atoms with van der Waals surface area (Å²) < 4.78 is 12.5. The van der Waals surface area contributed by atoms with Crippen molar-refractivity contribution in [3.63, 3.8) is 0 Å². The normalized spacial score (nSPS) is 10.8. The second-order valence-electron chi connectivity index (χ2n) is 4.99. The number of thioether (sulfide) groups is 1. The van der Waals surface area contributed by atoms with E-state index in [0.29, 0.717) is 29.7 Å². The maximum atomic E-state index is 6.30. The number of halogens is 1. The number of aryl methyl sites for hydroxylation is 1. The summed E-state index contributed by atoms with van der Waals surface area (Å²) in [4.78, 5) is 0. The predicted octanol–water partition coefficient (Wildman–Crippen LogP) is 2.54. The minimum absolute atomic E-state index is 0.582. The highest BCUT2D eigenvalue weighted by atomic mass is 35.5. The first-order valence-corrected chi connectivity index (χ1v) is 9.07. The molecule has 0 aliphatic rings. The molecule has 2 aromatic rings. The van der Waals surface area contributed by atoms with Crippen LogP contribution in [0.25, 0.3) is 0 Å². The zero-order chi connectivity index (χ0) is 17.4. The molecule has 0 radical (unpaired) electrons. The highest BCUT2D eigenvalue weighted by Gasteiger charge is 2.10. The zero-order valence-corrected chi connectivity index (χ0v) is 15.7. The summed E-state index contributed by atoms with van der Waals surface area (Å²) in [6.45, 7) is 4.08. The molecule has 0 bridgehead atoms.